The molecule has 0 amide bonds. The molecule has 4 N–H and O–H groups in total. The van der Waals surface area contributed by atoms with Crippen molar-refractivity contribution in [2.75, 3.05) is 6.54 Å². The number of benzene rings is 2. The molecule has 5 rings (SSSR count). The minimum Gasteiger partial charge on any atom is -0.494 e. The van der Waals surface area contributed by atoms with Crippen LogP contribution in [0, 0.1) is 13.8 Å². The summed E-state index contributed by atoms with van der Waals surface area (Å²) in [5.41, 5.74) is 4.37. The number of hydrogen-bond donors (Lipinski definition) is 4. The second-order valence-electron chi connectivity index (χ2n) is 7.80. The van der Waals surface area contributed by atoms with Gasteiger partial charge in [0, 0.05) is 23.1 Å². The van der Waals surface area contributed by atoms with Crippen LogP contribution in [0.2, 0.25) is 0 Å². The summed E-state index contributed by atoms with van der Waals surface area (Å²) in [5, 5.41) is 15.5. The van der Waals surface area contributed by atoms with Crippen LogP contribution in [-0.2, 0) is 6.42 Å². The Hall–Kier alpha value is -3.58. The van der Waals surface area contributed by atoms with Gasteiger partial charge in [-0.1, -0.05) is 24.3 Å². The van der Waals surface area contributed by atoms with Crippen LogP contribution in [-0.4, -0.2) is 26.2 Å². The van der Waals surface area contributed by atoms with E-state index in [1.807, 2.05) is 50.2 Å². The van der Waals surface area contributed by atoms with Crippen molar-refractivity contribution in [3.8, 4) is 11.6 Å². The van der Waals surface area contributed by atoms with Gasteiger partial charge in [0.1, 0.15) is 5.56 Å². The number of nitrogens with one attached hydrogen (secondary N) is 3. The lowest BCUT2D eigenvalue weighted by Gasteiger charge is -2.25. The molecule has 1 unspecified atom stereocenters. The van der Waals surface area contributed by atoms with Gasteiger partial charge in [-0.05, 0) is 55.2 Å². The molecular weight excluding hydrogens is 380 g/mol. The Kier molecular flexibility index (Phi) is 4.15. The maximum absolute atomic E-state index is 12.8. The number of rotatable bonds is 2. The lowest BCUT2D eigenvalue weighted by Crippen LogP contribution is -2.38. The maximum Gasteiger partial charge on any atom is 0.335 e. The summed E-state index contributed by atoms with van der Waals surface area (Å²) in [6.07, 6.45) is 0.811. The van der Waals surface area contributed by atoms with Gasteiger partial charge in [0.2, 0.25) is 5.88 Å². The molecule has 7 heteroatoms. The normalized spacial score (nSPS) is 16.0. The molecule has 0 saturated carbocycles. The molecule has 0 fully saturated rings. The Morgan fingerprint density at radius 1 is 1.03 bits per heavy atom. The molecule has 0 radical (unpaired) electrons. The van der Waals surface area contributed by atoms with Crippen LogP contribution in [0.4, 0.5) is 0 Å². The highest BCUT2D eigenvalue weighted by molar-refractivity contribution is 5.85. The fraction of sp³-hybridized carbons (Fsp3) is 0.217. The van der Waals surface area contributed by atoms with Crippen LogP contribution >= 0.6 is 0 Å². The minimum atomic E-state index is -0.669. The lowest BCUT2D eigenvalue weighted by molar-refractivity contribution is 0.409. The fourth-order valence-electron chi connectivity index (χ4n) is 4.33. The average molecular weight is 402 g/mol. The highest BCUT2D eigenvalue weighted by Gasteiger charge is 2.31. The van der Waals surface area contributed by atoms with E-state index in [0.717, 1.165) is 44.3 Å². The van der Waals surface area contributed by atoms with Crippen LogP contribution in [0.3, 0.4) is 0 Å². The predicted molar refractivity (Wildman–Crippen MR) is 116 cm³/mol. The van der Waals surface area contributed by atoms with Gasteiger partial charge in [-0.3, -0.25) is 9.78 Å². The van der Waals surface area contributed by atoms with Crippen molar-refractivity contribution < 1.29 is 5.11 Å². The molecule has 3 heterocycles. The first-order valence-corrected chi connectivity index (χ1v) is 9.94. The van der Waals surface area contributed by atoms with Gasteiger partial charge in [0.05, 0.1) is 11.7 Å². The first-order valence-electron chi connectivity index (χ1n) is 9.94. The Bertz CT molecular complexity index is 1410. The molecule has 0 saturated heterocycles. The predicted octanol–water partition coefficient (Wildman–Crippen LogP) is 2.56. The van der Waals surface area contributed by atoms with Gasteiger partial charge in [0.15, 0.2) is 0 Å². The van der Waals surface area contributed by atoms with Gasteiger partial charge in [-0.15, -0.1) is 0 Å². The number of aryl methyl sites for hydroxylation is 2. The van der Waals surface area contributed by atoms with E-state index in [0.29, 0.717) is 12.2 Å². The average Bonchev–Trinajstić information content (AvgIpc) is 3.10. The number of para-hydroxylation sites is 1. The number of aromatic hydroxyl groups is 1. The van der Waals surface area contributed by atoms with Crippen LogP contribution in [0.15, 0.2) is 52.1 Å². The highest BCUT2D eigenvalue weighted by Crippen LogP contribution is 2.35. The van der Waals surface area contributed by atoms with E-state index in [-0.39, 0.29) is 11.4 Å². The number of nitrogens with zero attached hydrogens (tertiary/aromatic N) is 1. The van der Waals surface area contributed by atoms with Crippen LogP contribution in [0.1, 0.15) is 34.0 Å². The lowest BCUT2D eigenvalue weighted by atomic mass is 9.95. The van der Waals surface area contributed by atoms with Crippen molar-refractivity contribution >= 4 is 10.9 Å². The van der Waals surface area contributed by atoms with Crippen molar-refractivity contribution in [2.45, 2.75) is 26.3 Å². The summed E-state index contributed by atoms with van der Waals surface area (Å²) in [4.78, 5) is 31.2. The first-order chi connectivity index (χ1) is 14.5. The van der Waals surface area contributed by atoms with Crippen LogP contribution in [0.25, 0.3) is 16.6 Å². The van der Waals surface area contributed by atoms with Crippen molar-refractivity contribution in [1.29, 1.82) is 0 Å². The highest BCUT2D eigenvalue weighted by atomic mass is 16.3. The molecule has 7 nitrogen and oxygen atoms in total. The molecule has 0 aliphatic carbocycles. The van der Waals surface area contributed by atoms with E-state index in [1.165, 1.54) is 0 Å². The summed E-state index contributed by atoms with van der Waals surface area (Å²) in [7, 11) is 0. The first kappa shape index (κ1) is 18.4. The summed E-state index contributed by atoms with van der Waals surface area (Å²) < 4.78 is 1.15. The summed E-state index contributed by atoms with van der Waals surface area (Å²) in [6.45, 7) is 4.57. The van der Waals surface area contributed by atoms with E-state index in [9.17, 15) is 14.7 Å². The number of hydrogen-bond acceptors (Lipinski definition) is 4. The number of aromatic amines is 2. The van der Waals surface area contributed by atoms with E-state index >= 15 is 0 Å². The molecular formula is C23H22N4O3. The third kappa shape index (κ3) is 2.70. The third-order valence-electron chi connectivity index (χ3n) is 6.02. The molecule has 0 bridgehead atoms. The maximum atomic E-state index is 12.8. The standard InChI is InChI=1S/C23H22N4O3/c1-12-7-8-14(11-13(12)2)27-22(29)18(21(28)26-23(27)30)20-19-16(9-10-24-20)15-5-3-4-6-17(15)25-19/h3-8,11,20,24-25,29H,9-10H2,1-2H3,(H,26,28,30). The molecule has 152 valence electrons. The third-order valence-corrected chi connectivity index (χ3v) is 6.02. The summed E-state index contributed by atoms with van der Waals surface area (Å²) in [6, 6.07) is 12.9. The summed E-state index contributed by atoms with van der Waals surface area (Å²) in [5.74, 6) is -0.351. The zero-order chi connectivity index (χ0) is 21.0. The number of fused-ring (bicyclic) bond motifs is 3. The largest absolute Gasteiger partial charge is 0.494 e. The van der Waals surface area contributed by atoms with Crippen molar-refractivity contribution in [3.05, 3.63) is 91.3 Å². The van der Waals surface area contributed by atoms with E-state index in [2.05, 4.69) is 15.3 Å². The molecule has 30 heavy (non-hydrogen) atoms. The summed E-state index contributed by atoms with van der Waals surface area (Å²) >= 11 is 0. The zero-order valence-corrected chi connectivity index (χ0v) is 16.7. The number of H-pyrrole nitrogens is 2. The van der Waals surface area contributed by atoms with Crippen molar-refractivity contribution in [3.63, 3.8) is 0 Å². The monoisotopic (exact) mass is 402 g/mol. The Morgan fingerprint density at radius 3 is 2.63 bits per heavy atom. The smallest absolute Gasteiger partial charge is 0.335 e. The Morgan fingerprint density at radius 2 is 1.83 bits per heavy atom. The van der Waals surface area contributed by atoms with E-state index < -0.39 is 17.3 Å². The minimum absolute atomic E-state index is 0.125. The van der Waals surface area contributed by atoms with Gasteiger partial charge < -0.3 is 15.4 Å². The van der Waals surface area contributed by atoms with E-state index in [1.54, 1.807) is 6.07 Å². The second-order valence-corrected chi connectivity index (χ2v) is 7.80. The second kappa shape index (κ2) is 6.74. The topological polar surface area (TPSA) is 103 Å². The molecule has 1 atom stereocenters. The van der Waals surface area contributed by atoms with Crippen LogP contribution < -0.4 is 16.6 Å². The molecule has 4 aromatic rings. The van der Waals surface area contributed by atoms with Gasteiger partial charge in [-0.2, -0.15) is 0 Å². The van der Waals surface area contributed by atoms with E-state index in [4.69, 9.17) is 0 Å². The fourth-order valence-corrected chi connectivity index (χ4v) is 4.33. The molecule has 2 aromatic heterocycles. The number of aromatic nitrogens is 3. The van der Waals surface area contributed by atoms with Gasteiger partial charge >= 0.3 is 5.69 Å². The van der Waals surface area contributed by atoms with Crippen molar-refractivity contribution in [1.82, 2.24) is 19.9 Å². The Labute approximate surface area is 172 Å². The molecule has 0 spiro atoms. The molecule has 1 aliphatic rings. The van der Waals surface area contributed by atoms with Gasteiger partial charge in [0.25, 0.3) is 5.56 Å². The Balaban J connectivity index is 1.74. The quantitative estimate of drug-likeness (QED) is 0.414. The molecule has 1 aliphatic heterocycles. The van der Waals surface area contributed by atoms with Gasteiger partial charge in [-0.25, -0.2) is 9.36 Å². The van der Waals surface area contributed by atoms with Crippen LogP contribution in [0.5, 0.6) is 5.88 Å². The SMILES string of the molecule is Cc1ccc(-n2c(O)c(C3NCCc4c3[nH]c3ccccc43)c(=O)[nH]c2=O)cc1C. The van der Waals surface area contributed by atoms with Crippen molar-refractivity contribution in [2.24, 2.45) is 0 Å². The zero-order valence-electron chi connectivity index (χ0n) is 16.7. The molecule has 2 aromatic carbocycles.